The molecule has 2 aromatic rings. The van der Waals surface area contributed by atoms with Crippen molar-refractivity contribution in [2.75, 3.05) is 0 Å². The van der Waals surface area contributed by atoms with Gasteiger partial charge in [0.2, 0.25) is 0 Å². The second-order valence-electron chi connectivity index (χ2n) is 5.92. The van der Waals surface area contributed by atoms with Gasteiger partial charge in [-0.2, -0.15) is 0 Å². The van der Waals surface area contributed by atoms with Crippen molar-refractivity contribution in [1.29, 1.82) is 10.8 Å². The summed E-state index contributed by atoms with van der Waals surface area (Å²) in [5, 5.41) is 15.8. The Kier molecular flexibility index (Phi) is 6.92. The van der Waals surface area contributed by atoms with E-state index in [1.165, 1.54) is 29.5 Å². The largest absolute Gasteiger partial charge is 0.309 e. The molecule has 0 aliphatic heterocycles. The fraction of sp³-hybridized carbons (Fsp3) is 0.182. The van der Waals surface area contributed by atoms with Gasteiger partial charge in [-0.15, -0.1) is 0 Å². The summed E-state index contributed by atoms with van der Waals surface area (Å²) >= 11 is 0. The lowest BCUT2D eigenvalue weighted by Crippen LogP contribution is -1.94. The molecule has 0 bridgehead atoms. The smallest absolute Gasteiger partial charge is 0.0723 e. The number of nitrogens with one attached hydrogen (secondary N) is 2. The number of aryl methyl sites for hydroxylation is 1. The average Bonchev–Trinajstić information content (AvgIpc) is 2.64. The number of aliphatic imine (C=N–C) groups is 1. The third kappa shape index (κ3) is 4.93. The summed E-state index contributed by atoms with van der Waals surface area (Å²) in [6.07, 6.45) is 12.6. The van der Waals surface area contributed by atoms with E-state index >= 15 is 0 Å². The maximum absolute atomic E-state index is 7.77. The minimum atomic E-state index is 0.257. The van der Waals surface area contributed by atoms with Gasteiger partial charge in [-0.3, -0.25) is 15.4 Å². The number of aromatic nitrogens is 1. The zero-order valence-electron chi connectivity index (χ0n) is 15.5. The van der Waals surface area contributed by atoms with Crippen LogP contribution in [0.25, 0.3) is 16.5 Å². The molecule has 0 fully saturated rings. The van der Waals surface area contributed by atoms with E-state index in [1.54, 1.807) is 0 Å². The number of benzene rings is 1. The summed E-state index contributed by atoms with van der Waals surface area (Å²) < 4.78 is 0. The molecule has 0 saturated carbocycles. The molecule has 26 heavy (non-hydrogen) atoms. The Bertz CT molecular complexity index is 930. The van der Waals surface area contributed by atoms with E-state index in [1.807, 2.05) is 31.3 Å². The van der Waals surface area contributed by atoms with E-state index < -0.39 is 0 Å². The highest BCUT2D eigenvalue weighted by Crippen LogP contribution is 2.29. The molecule has 4 heteroatoms. The van der Waals surface area contributed by atoms with Crippen LogP contribution in [0.4, 0.5) is 0 Å². The summed E-state index contributed by atoms with van der Waals surface area (Å²) in [6, 6.07) is 8.20. The van der Waals surface area contributed by atoms with Gasteiger partial charge in [0, 0.05) is 23.5 Å². The van der Waals surface area contributed by atoms with E-state index in [9.17, 15) is 0 Å². The van der Waals surface area contributed by atoms with Crippen LogP contribution in [0.3, 0.4) is 0 Å². The van der Waals surface area contributed by atoms with Gasteiger partial charge in [0.05, 0.1) is 17.4 Å². The molecule has 2 rings (SSSR count). The molecule has 1 aromatic carbocycles. The summed E-state index contributed by atoms with van der Waals surface area (Å²) in [5.41, 5.74) is 5.53. The third-order valence-corrected chi connectivity index (χ3v) is 3.85. The molecular formula is C22H24N4. The minimum Gasteiger partial charge on any atom is -0.309 e. The first-order valence-electron chi connectivity index (χ1n) is 8.59. The Balaban J connectivity index is 2.45. The lowest BCUT2D eigenvalue weighted by atomic mass is 9.94. The Hall–Kier alpha value is -3.14. The van der Waals surface area contributed by atoms with Crippen LogP contribution in [-0.4, -0.2) is 23.1 Å². The number of rotatable bonds is 7. The normalized spacial score (nSPS) is 13.0. The van der Waals surface area contributed by atoms with Crippen molar-refractivity contribution < 1.29 is 0 Å². The highest BCUT2D eigenvalue weighted by atomic mass is 14.7. The van der Waals surface area contributed by atoms with Gasteiger partial charge < -0.3 is 5.41 Å². The van der Waals surface area contributed by atoms with Gasteiger partial charge >= 0.3 is 0 Å². The average molecular weight is 344 g/mol. The van der Waals surface area contributed by atoms with E-state index in [0.29, 0.717) is 0 Å². The van der Waals surface area contributed by atoms with Crippen molar-refractivity contribution in [2.45, 2.75) is 27.2 Å². The number of fused-ring (bicyclic) bond motifs is 1. The molecule has 4 nitrogen and oxygen atoms in total. The van der Waals surface area contributed by atoms with Gasteiger partial charge in [0.15, 0.2) is 0 Å². The van der Waals surface area contributed by atoms with Gasteiger partial charge in [-0.05, 0) is 67.3 Å². The van der Waals surface area contributed by atoms with Gasteiger partial charge in [-0.25, -0.2) is 0 Å². The molecule has 0 saturated heterocycles. The maximum atomic E-state index is 7.77. The third-order valence-electron chi connectivity index (χ3n) is 3.85. The summed E-state index contributed by atoms with van der Waals surface area (Å²) in [7, 11) is 0. The molecule has 0 aliphatic rings. The summed E-state index contributed by atoms with van der Waals surface area (Å²) in [4.78, 5) is 8.82. The van der Waals surface area contributed by atoms with E-state index in [4.69, 9.17) is 10.8 Å². The Morgan fingerprint density at radius 2 is 2.08 bits per heavy atom. The molecule has 0 unspecified atom stereocenters. The zero-order chi connectivity index (χ0) is 18.9. The zero-order valence-corrected chi connectivity index (χ0v) is 15.5. The number of pyridine rings is 1. The fourth-order valence-electron chi connectivity index (χ4n) is 2.73. The van der Waals surface area contributed by atoms with Crippen LogP contribution in [0.2, 0.25) is 0 Å². The highest BCUT2D eigenvalue weighted by Gasteiger charge is 2.09. The Morgan fingerprint density at radius 3 is 2.81 bits per heavy atom. The van der Waals surface area contributed by atoms with Crippen molar-refractivity contribution in [3.8, 4) is 0 Å². The van der Waals surface area contributed by atoms with Crippen LogP contribution < -0.4 is 0 Å². The number of hydrogen-bond donors (Lipinski definition) is 2. The standard InChI is InChI=1S/C22H24N4/c1-4-7-18(14-17(3)26-15-19(24)8-5-12-23)22-16(2)10-11-21-20(22)9-6-13-25-21/h5-15,23-24H,4H2,1-3H3/b8-5-,17-14-,18-7+,23-12?,24-19?,26-15?. The molecular weight excluding hydrogens is 320 g/mol. The van der Waals surface area contributed by atoms with Crippen molar-refractivity contribution in [1.82, 2.24) is 4.98 Å². The predicted molar refractivity (Wildman–Crippen MR) is 113 cm³/mol. The van der Waals surface area contributed by atoms with Crippen molar-refractivity contribution in [2.24, 2.45) is 4.99 Å². The molecule has 2 N–H and O–H groups in total. The first-order chi connectivity index (χ1) is 12.6. The topological polar surface area (TPSA) is 73.0 Å². The molecule has 0 amide bonds. The Labute approximate surface area is 154 Å². The highest BCUT2D eigenvalue weighted by molar-refractivity contribution is 6.34. The van der Waals surface area contributed by atoms with Crippen molar-refractivity contribution in [3.63, 3.8) is 0 Å². The molecule has 0 spiro atoms. The first kappa shape index (κ1) is 19.2. The van der Waals surface area contributed by atoms with Crippen LogP contribution in [0.15, 0.2) is 65.5 Å². The fourth-order valence-corrected chi connectivity index (χ4v) is 2.73. The van der Waals surface area contributed by atoms with Gasteiger partial charge in [0.1, 0.15) is 0 Å². The first-order valence-corrected chi connectivity index (χ1v) is 8.59. The van der Waals surface area contributed by atoms with E-state index in [-0.39, 0.29) is 5.71 Å². The van der Waals surface area contributed by atoms with Crippen LogP contribution in [0, 0.1) is 17.7 Å². The molecule has 1 aromatic heterocycles. The lowest BCUT2D eigenvalue weighted by molar-refractivity contribution is 1.22. The molecule has 132 valence electrons. The summed E-state index contributed by atoms with van der Waals surface area (Å²) in [5.74, 6) is 0. The Morgan fingerprint density at radius 1 is 1.27 bits per heavy atom. The maximum Gasteiger partial charge on any atom is 0.0723 e. The van der Waals surface area contributed by atoms with Gasteiger partial charge in [-0.1, -0.05) is 25.1 Å². The molecule has 1 heterocycles. The van der Waals surface area contributed by atoms with Crippen LogP contribution in [-0.2, 0) is 0 Å². The second-order valence-corrected chi connectivity index (χ2v) is 5.92. The van der Waals surface area contributed by atoms with Gasteiger partial charge in [0.25, 0.3) is 0 Å². The molecule has 0 atom stereocenters. The lowest BCUT2D eigenvalue weighted by Gasteiger charge is -2.12. The molecule has 0 aliphatic carbocycles. The quantitative estimate of drug-likeness (QED) is 0.502. The van der Waals surface area contributed by atoms with Crippen molar-refractivity contribution in [3.05, 3.63) is 71.6 Å². The van der Waals surface area contributed by atoms with Crippen LogP contribution in [0.5, 0.6) is 0 Å². The van der Waals surface area contributed by atoms with Crippen LogP contribution >= 0.6 is 0 Å². The van der Waals surface area contributed by atoms with E-state index in [0.717, 1.165) is 34.8 Å². The van der Waals surface area contributed by atoms with Crippen molar-refractivity contribution >= 4 is 34.6 Å². The second kappa shape index (κ2) is 9.37. The minimum absolute atomic E-state index is 0.257. The SMILES string of the molecule is CC/C=C(\C=C(\C)N=CC(=N)/C=C\C=N)c1c(C)ccc2ncccc12. The monoisotopic (exact) mass is 344 g/mol. The number of hydrogen-bond acceptors (Lipinski definition) is 4. The molecule has 0 radical (unpaired) electrons. The predicted octanol–water partition coefficient (Wildman–Crippen LogP) is 5.54. The number of nitrogens with zero attached hydrogens (tertiary/aromatic N) is 2. The number of allylic oxidation sites excluding steroid dienone is 6. The van der Waals surface area contributed by atoms with E-state index in [2.05, 4.69) is 42.0 Å². The summed E-state index contributed by atoms with van der Waals surface area (Å²) in [6.45, 7) is 6.14. The van der Waals surface area contributed by atoms with Crippen LogP contribution in [0.1, 0.15) is 31.4 Å².